The largest absolute Gasteiger partial charge is 0.493 e. The second kappa shape index (κ2) is 6.09. The first kappa shape index (κ1) is 15.4. The summed E-state index contributed by atoms with van der Waals surface area (Å²) < 4.78 is 10.9. The maximum atomic E-state index is 12.7. The maximum absolute atomic E-state index is 12.7. The quantitative estimate of drug-likeness (QED) is 0.729. The molecular formula is C20H17NO4. The van der Waals surface area contributed by atoms with Crippen LogP contribution in [0.5, 0.6) is 5.75 Å². The lowest BCUT2D eigenvalue weighted by molar-refractivity contribution is 0.0921. The second-order valence-electron chi connectivity index (χ2n) is 6.19. The number of rotatable bonds is 2. The summed E-state index contributed by atoms with van der Waals surface area (Å²) in [6.45, 7) is 2.51. The molecule has 2 heterocycles. The number of nitrogens with one attached hydrogen (secondary N) is 1. The first-order chi connectivity index (χ1) is 12.1. The van der Waals surface area contributed by atoms with Crippen molar-refractivity contribution in [1.29, 1.82) is 0 Å². The van der Waals surface area contributed by atoms with Crippen LogP contribution in [-0.4, -0.2) is 12.5 Å². The molecule has 0 saturated heterocycles. The zero-order valence-electron chi connectivity index (χ0n) is 13.7. The molecular weight excluding hydrogens is 318 g/mol. The minimum atomic E-state index is -0.632. The lowest BCUT2D eigenvalue weighted by Crippen LogP contribution is -2.34. The van der Waals surface area contributed by atoms with E-state index in [1.54, 1.807) is 18.2 Å². The van der Waals surface area contributed by atoms with Gasteiger partial charge in [-0.2, -0.15) is 0 Å². The van der Waals surface area contributed by atoms with E-state index in [4.69, 9.17) is 9.15 Å². The van der Waals surface area contributed by atoms with E-state index in [1.165, 1.54) is 0 Å². The molecule has 4 rings (SSSR count). The predicted octanol–water partition coefficient (Wildman–Crippen LogP) is 3.36. The molecule has 25 heavy (non-hydrogen) atoms. The third-order valence-electron chi connectivity index (χ3n) is 4.40. The van der Waals surface area contributed by atoms with Crippen molar-refractivity contribution in [3.05, 3.63) is 75.6 Å². The van der Waals surface area contributed by atoms with Gasteiger partial charge >= 0.3 is 5.63 Å². The number of amides is 1. The number of carbonyl (C=O) groups excluding carboxylic acids is 1. The molecule has 126 valence electrons. The van der Waals surface area contributed by atoms with E-state index >= 15 is 0 Å². The Hall–Kier alpha value is -3.08. The van der Waals surface area contributed by atoms with Crippen molar-refractivity contribution in [3.8, 4) is 5.75 Å². The molecule has 1 amide bonds. The van der Waals surface area contributed by atoms with Gasteiger partial charge < -0.3 is 14.5 Å². The monoisotopic (exact) mass is 335 g/mol. The number of carbonyl (C=O) groups is 1. The molecule has 0 saturated carbocycles. The molecule has 1 aromatic heterocycles. The van der Waals surface area contributed by atoms with E-state index in [-0.39, 0.29) is 11.6 Å². The fourth-order valence-electron chi connectivity index (χ4n) is 3.12. The van der Waals surface area contributed by atoms with Gasteiger partial charge in [-0.25, -0.2) is 4.79 Å². The Bertz CT molecular complexity index is 1020. The van der Waals surface area contributed by atoms with Gasteiger partial charge in [0.15, 0.2) is 0 Å². The van der Waals surface area contributed by atoms with Crippen molar-refractivity contribution >= 4 is 16.9 Å². The molecule has 0 radical (unpaired) electrons. The molecule has 1 N–H and O–H groups in total. The highest BCUT2D eigenvalue weighted by atomic mass is 16.5. The van der Waals surface area contributed by atoms with Gasteiger partial charge in [-0.3, -0.25) is 4.79 Å². The first-order valence-electron chi connectivity index (χ1n) is 8.19. The zero-order chi connectivity index (χ0) is 17.4. The zero-order valence-corrected chi connectivity index (χ0v) is 13.7. The van der Waals surface area contributed by atoms with Gasteiger partial charge in [-0.1, -0.05) is 35.9 Å². The summed E-state index contributed by atoms with van der Waals surface area (Å²) in [6.07, 6.45) is 0.654. The van der Waals surface area contributed by atoms with E-state index in [1.807, 2.05) is 37.3 Å². The minimum absolute atomic E-state index is 0.0133. The van der Waals surface area contributed by atoms with E-state index in [0.29, 0.717) is 18.6 Å². The highest BCUT2D eigenvalue weighted by Crippen LogP contribution is 2.32. The predicted molar refractivity (Wildman–Crippen MR) is 94.0 cm³/mol. The number of aryl methyl sites for hydroxylation is 1. The van der Waals surface area contributed by atoms with Crippen LogP contribution in [-0.2, 0) is 0 Å². The highest BCUT2D eigenvalue weighted by molar-refractivity contribution is 5.96. The van der Waals surface area contributed by atoms with Gasteiger partial charge in [-0.15, -0.1) is 0 Å². The standard InChI is InChI=1S/C20H17NO4/c1-12-6-7-18-14(10-12)16(8-9-24-18)21-19(22)15-11-13-4-2-3-5-17(13)25-20(15)23/h2-7,10-11,16H,8-9H2,1H3,(H,21,22). The summed E-state index contributed by atoms with van der Waals surface area (Å²) in [5, 5.41) is 3.66. The molecule has 1 unspecified atom stereocenters. The van der Waals surface area contributed by atoms with Crippen molar-refractivity contribution in [2.75, 3.05) is 6.61 Å². The average molecular weight is 335 g/mol. The number of ether oxygens (including phenoxy) is 1. The molecule has 0 bridgehead atoms. The summed E-state index contributed by atoms with van der Waals surface area (Å²) in [4.78, 5) is 24.8. The van der Waals surface area contributed by atoms with E-state index < -0.39 is 11.5 Å². The SMILES string of the molecule is Cc1ccc2c(c1)C(NC(=O)c1cc3ccccc3oc1=O)CCO2. The second-order valence-corrected chi connectivity index (χ2v) is 6.19. The Morgan fingerprint density at radius 2 is 2.00 bits per heavy atom. The lowest BCUT2D eigenvalue weighted by atomic mass is 9.98. The third kappa shape index (κ3) is 2.89. The molecule has 1 atom stereocenters. The number of hydrogen-bond acceptors (Lipinski definition) is 4. The average Bonchev–Trinajstić information content (AvgIpc) is 2.61. The van der Waals surface area contributed by atoms with Gasteiger partial charge in [0, 0.05) is 17.4 Å². The van der Waals surface area contributed by atoms with E-state index in [2.05, 4.69) is 5.32 Å². The molecule has 1 aliphatic heterocycles. The molecule has 0 fully saturated rings. The number of fused-ring (bicyclic) bond motifs is 2. The van der Waals surface area contributed by atoms with Crippen LogP contribution in [0.15, 0.2) is 57.7 Å². The molecule has 1 aliphatic rings. The van der Waals surface area contributed by atoms with Crippen molar-refractivity contribution in [1.82, 2.24) is 5.32 Å². The smallest absolute Gasteiger partial charge is 0.349 e. The molecule has 0 spiro atoms. The molecule has 5 nitrogen and oxygen atoms in total. The van der Waals surface area contributed by atoms with Crippen LogP contribution < -0.4 is 15.7 Å². The van der Waals surface area contributed by atoms with Crippen molar-refractivity contribution in [3.63, 3.8) is 0 Å². The van der Waals surface area contributed by atoms with E-state index in [9.17, 15) is 9.59 Å². The normalized spacial score (nSPS) is 16.1. The number of benzene rings is 2. The topological polar surface area (TPSA) is 68.5 Å². The Morgan fingerprint density at radius 3 is 2.88 bits per heavy atom. The lowest BCUT2D eigenvalue weighted by Gasteiger charge is -2.27. The summed E-state index contributed by atoms with van der Waals surface area (Å²) >= 11 is 0. The highest BCUT2D eigenvalue weighted by Gasteiger charge is 2.25. The van der Waals surface area contributed by atoms with Gasteiger partial charge in [0.05, 0.1) is 12.6 Å². The molecule has 5 heteroatoms. The molecule has 2 aromatic carbocycles. The fraction of sp³-hybridized carbons (Fsp3) is 0.200. The van der Waals surface area contributed by atoms with Crippen LogP contribution in [0, 0.1) is 6.92 Å². The first-order valence-corrected chi connectivity index (χ1v) is 8.19. The number of hydrogen-bond donors (Lipinski definition) is 1. The van der Waals surface area contributed by atoms with Crippen LogP contribution in [0.2, 0.25) is 0 Å². The van der Waals surface area contributed by atoms with Gasteiger partial charge in [0.1, 0.15) is 16.9 Å². The van der Waals surface area contributed by atoms with Crippen LogP contribution in [0.1, 0.15) is 33.9 Å². The van der Waals surface area contributed by atoms with Crippen LogP contribution in [0.4, 0.5) is 0 Å². The van der Waals surface area contributed by atoms with Crippen LogP contribution in [0.3, 0.4) is 0 Å². The van der Waals surface area contributed by atoms with E-state index in [0.717, 1.165) is 22.3 Å². The fourth-order valence-corrected chi connectivity index (χ4v) is 3.12. The van der Waals surface area contributed by atoms with Gasteiger partial charge in [0.2, 0.25) is 0 Å². The summed E-state index contributed by atoms with van der Waals surface area (Å²) in [5.41, 5.74) is 1.88. The molecule has 3 aromatic rings. The summed E-state index contributed by atoms with van der Waals surface area (Å²) in [6, 6.07) is 14.4. The molecule has 0 aliphatic carbocycles. The van der Waals surface area contributed by atoms with Crippen LogP contribution in [0.25, 0.3) is 11.0 Å². The Labute approximate surface area is 144 Å². The van der Waals surface area contributed by atoms with Gasteiger partial charge in [0.25, 0.3) is 5.91 Å². The Balaban J connectivity index is 1.67. The van der Waals surface area contributed by atoms with Crippen molar-refractivity contribution in [2.24, 2.45) is 0 Å². The Kier molecular flexibility index (Phi) is 3.76. The third-order valence-corrected chi connectivity index (χ3v) is 4.40. The Morgan fingerprint density at radius 1 is 1.16 bits per heavy atom. The van der Waals surface area contributed by atoms with Crippen molar-refractivity contribution < 1.29 is 13.9 Å². The summed E-state index contributed by atoms with van der Waals surface area (Å²) in [5.74, 6) is 0.339. The van der Waals surface area contributed by atoms with Crippen molar-refractivity contribution in [2.45, 2.75) is 19.4 Å². The van der Waals surface area contributed by atoms with Crippen LogP contribution >= 0.6 is 0 Å². The van der Waals surface area contributed by atoms with Gasteiger partial charge in [-0.05, 0) is 25.1 Å². The number of para-hydroxylation sites is 1. The summed E-state index contributed by atoms with van der Waals surface area (Å²) in [7, 11) is 0. The maximum Gasteiger partial charge on any atom is 0.349 e. The minimum Gasteiger partial charge on any atom is -0.493 e.